The lowest BCUT2D eigenvalue weighted by Crippen LogP contribution is -2.08. The second-order valence-corrected chi connectivity index (χ2v) is 9.29. The van der Waals surface area contributed by atoms with E-state index < -0.39 is 0 Å². The van der Waals surface area contributed by atoms with Crippen molar-refractivity contribution in [2.24, 2.45) is 0 Å². The first kappa shape index (κ1) is 21.8. The number of hydrogen-bond donors (Lipinski definition) is 0. The minimum absolute atomic E-state index is 0. The van der Waals surface area contributed by atoms with E-state index in [1.54, 1.807) is 18.0 Å². The van der Waals surface area contributed by atoms with Crippen LogP contribution in [0.15, 0.2) is 66.1 Å². The van der Waals surface area contributed by atoms with Gasteiger partial charge in [0.25, 0.3) is 0 Å². The lowest BCUT2D eigenvalue weighted by molar-refractivity contribution is 0.750. The van der Waals surface area contributed by atoms with E-state index in [1.165, 1.54) is 4.90 Å². The largest absolute Gasteiger partial charge is 0.336 e. The fourth-order valence-corrected chi connectivity index (χ4v) is 5.61. The summed E-state index contributed by atoms with van der Waals surface area (Å²) in [5, 5.41) is 2.15. The first-order valence-electron chi connectivity index (χ1n) is 7.54. The number of hydrogen-bond acceptors (Lipinski definition) is 3. The first-order valence-corrected chi connectivity index (χ1v) is 10.6. The average molecular weight is 466 g/mol. The summed E-state index contributed by atoms with van der Waals surface area (Å²) in [7, 11) is 0. The van der Waals surface area contributed by atoms with Crippen LogP contribution in [0.3, 0.4) is 0 Å². The van der Waals surface area contributed by atoms with Gasteiger partial charge in [-0.1, -0.05) is 40.9 Å². The predicted molar refractivity (Wildman–Crippen MR) is 118 cm³/mol. The van der Waals surface area contributed by atoms with Gasteiger partial charge in [-0.2, -0.15) is 0 Å². The standard InChI is InChI=1S/C18H15Cl3N2S2.ClH/c19-13-4-6-14(7-5-13)25-18(10-23-9-8-22-12-23)24-11-15-16(20)2-1-3-17(15)21;/h1-9,12,18H,10-11H2;1H. The molecule has 0 aliphatic heterocycles. The molecule has 1 heterocycles. The van der Waals surface area contributed by atoms with Gasteiger partial charge in [0.1, 0.15) is 0 Å². The molecule has 0 radical (unpaired) electrons. The first-order chi connectivity index (χ1) is 12.1. The Morgan fingerprint density at radius 1 is 1.00 bits per heavy atom. The highest BCUT2D eigenvalue weighted by Crippen LogP contribution is 2.37. The quantitative estimate of drug-likeness (QED) is 0.269. The number of nitrogens with zero attached hydrogens (tertiary/aromatic N) is 2. The Morgan fingerprint density at radius 2 is 1.69 bits per heavy atom. The summed E-state index contributed by atoms with van der Waals surface area (Å²) in [4.78, 5) is 5.30. The van der Waals surface area contributed by atoms with E-state index in [-0.39, 0.29) is 17.0 Å². The van der Waals surface area contributed by atoms with Gasteiger partial charge in [0.15, 0.2) is 0 Å². The van der Waals surface area contributed by atoms with Gasteiger partial charge in [-0.25, -0.2) is 4.98 Å². The molecule has 0 fully saturated rings. The van der Waals surface area contributed by atoms with Crippen LogP contribution in [-0.4, -0.2) is 14.1 Å². The Labute approximate surface area is 183 Å². The van der Waals surface area contributed by atoms with Gasteiger partial charge >= 0.3 is 0 Å². The summed E-state index contributed by atoms with van der Waals surface area (Å²) in [6, 6.07) is 13.5. The summed E-state index contributed by atoms with van der Waals surface area (Å²) in [5.41, 5.74) is 0.975. The van der Waals surface area contributed by atoms with Gasteiger partial charge < -0.3 is 4.57 Å². The molecule has 0 spiro atoms. The number of rotatable bonds is 7. The Balaban J connectivity index is 0.00000243. The van der Waals surface area contributed by atoms with Crippen LogP contribution in [0.4, 0.5) is 0 Å². The minimum Gasteiger partial charge on any atom is -0.336 e. The van der Waals surface area contributed by atoms with Crippen LogP contribution in [0, 0.1) is 0 Å². The normalized spacial score (nSPS) is 11.8. The fraction of sp³-hybridized carbons (Fsp3) is 0.167. The van der Waals surface area contributed by atoms with Crippen LogP contribution in [0.25, 0.3) is 0 Å². The Hall–Kier alpha value is -0.490. The Morgan fingerprint density at radius 3 is 2.31 bits per heavy atom. The second-order valence-electron chi connectivity index (χ2n) is 5.27. The maximum absolute atomic E-state index is 6.30. The zero-order valence-electron chi connectivity index (χ0n) is 13.5. The van der Waals surface area contributed by atoms with Crippen molar-refractivity contribution >= 4 is 70.7 Å². The molecular formula is C18H16Cl4N2S2. The van der Waals surface area contributed by atoms with Crippen molar-refractivity contribution in [1.82, 2.24) is 9.55 Å². The smallest absolute Gasteiger partial charge is 0.0946 e. The molecule has 1 aromatic heterocycles. The number of aromatic nitrogens is 2. The minimum atomic E-state index is 0. The molecule has 26 heavy (non-hydrogen) atoms. The molecule has 0 aliphatic rings. The predicted octanol–water partition coefficient (Wildman–Crippen LogP) is 7.32. The Bertz CT molecular complexity index is 790. The zero-order chi connectivity index (χ0) is 17.6. The number of benzene rings is 2. The third-order valence-corrected chi connectivity index (χ3v) is 7.07. The van der Waals surface area contributed by atoms with Gasteiger partial charge in [0.2, 0.25) is 0 Å². The molecule has 1 atom stereocenters. The molecule has 2 aromatic carbocycles. The summed E-state index contributed by atoms with van der Waals surface area (Å²) >= 11 is 22.2. The lowest BCUT2D eigenvalue weighted by Gasteiger charge is -2.18. The van der Waals surface area contributed by atoms with Crippen molar-refractivity contribution in [1.29, 1.82) is 0 Å². The van der Waals surface area contributed by atoms with Crippen molar-refractivity contribution in [2.75, 3.05) is 0 Å². The van der Waals surface area contributed by atoms with Crippen LogP contribution in [0.5, 0.6) is 0 Å². The molecule has 0 aliphatic carbocycles. The van der Waals surface area contributed by atoms with E-state index in [1.807, 2.05) is 66.8 Å². The van der Waals surface area contributed by atoms with Crippen molar-refractivity contribution in [3.8, 4) is 0 Å². The van der Waals surface area contributed by atoms with E-state index >= 15 is 0 Å². The molecule has 2 nitrogen and oxygen atoms in total. The van der Waals surface area contributed by atoms with Gasteiger partial charge in [-0.15, -0.1) is 35.9 Å². The van der Waals surface area contributed by atoms with Crippen molar-refractivity contribution in [3.63, 3.8) is 0 Å². The molecule has 0 saturated heterocycles. The Kier molecular flexibility index (Phi) is 9.01. The molecule has 138 valence electrons. The SMILES string of the molecule is Cl.Clc1ccc(SC(Cn2ccnc2)SCc2c(Cl)cccc2Cl)cc1. The number of imidazole rings is 1. The third kappa shape index (κ3) is 6.29. The molecular weight excluding hydrogens is 450 g/mol. The molecule has 0 amide bonds. The van der Waals surface area contributed by atoms with E-state index in [2.05, 4.69) is 9.55 Å². The van der Waals surface area contributed by atoms with Crippen LogP contribution in [-0.2, 0) is 12.3 Å². The second kappa shape index (κ2) is 10.7. The highest BCUT2D eigenvalue weighted by Gasteiger charge is 2.15. The molecule has 3 rings (SSSR count). The molecule has 0 N–H and O–H groups in total. The van der Waals surface area contributed by atoms with Gasteiger partial charge in [0, 0.05) is 44.7 Å². The van der Waals surface area contributed by atoms with Crippen molar-refractivity contribution in [3.05, 3.63) is 81.8 Å². The van der Waals surface area contributed by atoms with E-state index in [9.17, 15) is 0 Å². The average Bonchev–Trinajstić information content (AvgIpc) is 3.09. The number of halogens is 4. The zero-order valence-corrected chi connectivity index (χ0v) is 18.2. The maximum Gasteiger partial charge on any atom is 0.0946 e. The van der Waals surface area contributed by atoms with E-state index in [0.717, 1.165) is 22.9 Å². The van der Waals surface area contributed by atoms with Gasteiger partial charge in [0.05, 0.1) is 10.9 Å². The fourth-order valence-electron chi connectivity index (χ4n) is 2.20. The highest BCUT2D eigenvalue weighted by atomic mass is 35.5. The summed E-state index contributed by atoms with van der Waals surface area (Å²) < 4.78 is 2.36. The summed E-state index contributed by atoms with van der Waals surface area (Å²) in [6.45, 7) is 0.833. The summed E-state index contributed by atoms with van der Waals surface area (Å²) in [6.07, 6.45) is 5.59. The van der Waals surface area contributed by atoms with Gasteiger partial charge in [-0.3, -0.25) is 0 Å². The van der Waals surface area contributed by atoms with Crippen LogP contribution >= 0.6 is 70.7 Å². The van der Waals surface area contributed by atoms with Crippen LogP contribution < -0.4 is 0 Å². The molecule has 1 unspecified atom stereocenters. The lowest BCUT2D eigenvalue weighted by atomic mass is 10.2. The van der Waals surface area contributed by atoms with E-state index in [4.69, 9.17) is 34.8 Å². The van der Waals surface area contributed by atoms with Crippen LogP contribution in [0.1, 0.15) is 5.56 Å². The van der Waals surface area contributed by atoms with Crippen molar-refractivity contribution in [2.45, 2.75) is 21.8 Å². The molecule has 0 bridgehead atoms. The van der Waals surface area contributed by atoms with Gasteiger partial charge in [-0.05, 0) is 42.0 Å². The topological polar surface area (TPSA) is 17.8 Å². The molecule has 3 aromatic rings. The van der Waals surface area contributed by atoms with Crippen molar-refractivity contribution < 1.29 is 0 Å². The number of thioether (sulfide) groups is 2. The summed E-state index contributed by atoms with van der Waals surface area (Å²) in [5.74, 6) is 0.748. The molecule has 8 heteroatoms. The third-order valence-electron chi connectivity index (χ3n) is 3.48. The van der Waals surface area contributed by atoms with E-state index in [0.29, 0.717) is 10.0 Å². The highest BCUT2D eigenvalue weighted by molar-refractivity contribution is 8.16. The molecule has 0 saturated carbocycles. The monoisotopic (exact) mass is 464 g/mol. The van der Waals surface area contributed by atoms with Crippen LogP contribution in [0.2, 0.25) is 15.1 Å². The maximum atomic E-state index is 6.30.